The van der Waals surface area contributed by atoms with Crippen molar-refractivity contribution in [2.75, 3.05) is 26.2 Å². The van der Waals surface area contributed by atoms with Crippen LogP contribution in [0.3, 0.4) is 0 Å². The molecule has 0 aliphatic carbocycles. The number of hydrogen-bond acceptors (Lipinski definition) is 4. The second kappa shape index (κ2) is 10.3. The van der Waals surface area contributed by atoms with E-state index in [1.54, 1.807) is 0 Å². The third kappa shape index (κ3) is 5.70. The van der Waals surface area contributed by atoms with Gasteiger partial charge in [-0.05, 0) is 55.4 Å². The fourth-order valence-electron chi connectivity index (χ4n) is 3.74. The molecule has 3 aromatic heterocycles. The van der Waals surface area contributed by atoms with Crippen LogP contribution >= 0.6 is 0 Å². The molecule has 7 heteroatoms. The topological polar surface area (TPSA) is 54.9 Å². The minimum atomic E-state index is -1.71. The average Bonchev–Trinajstić information content (AvgIpc) is 3.34. The van der Waals surface area contributed by atoms with E-state index in [0.717, 1.165) is 61.7 Å². The number of rotatable bonds is 11. The Morgan fingerprint density at radius 2 is 1.88 bits per heavy atom. The quantitative estimate of drug-likeness (QED) is 0.411. The van der Waals surface area contributed by atoms with Crippen molar-refractivity contribution in [1.29, 1.82) is 0 Å². The first-order valence-corrected chi connectivity index (χ1v) is 14.7. The van der Waals surface area contributed by atoms with E-state index in [1.807, 2.05) is 47.4 Å². The lowest BCUT2D eigenvalue weighted by Crippen LogP contribution is -2.43. The van der Waals surface area contributed by atoms with Gasteiger partial charge in [0.25, 0.3) is 0 Å². The van der Waals surface area contributed by atoms with E-state index in [0.29, 0.717) is 0 Å². The van der Waals surface area contributed by atoms with Crippen LogP contribution in [0.25, 0.3) is 16.9 Å². The van der Waals surface area contributed by atoms with Gasteiger partial charge in [0, 0.05) is 43.2 Å². The molecular formula is C25H40N4O2Si. The molecule has 6 nitrogen and oxygen atoms in total. The van der Waals surface area contributed by atoms with Crippen molar-refractivity contribution in [1.82, 2.24) is 19.1 Å². The Hall–Kier alpha value is -1.93. The van der Waals surface area contributed by atoms with Crippen LogP contribution in [0.2, 0.25) is 18.1 Å². The van der Waals surface area contributed by atoms with Crippen LogP contribution in [-0.2, 0) is 17.6 Å². The maximum Gasteiger partial charge on any atom is 0.192 e. The highest BCUT2D eigenvalue weighted by molar-refractivity contribution is 6.74. The van der Waals surface area contributed by atoms with Gasteiger partial charge in [0.1, 0.15) is 5.69 Å². The van der Waals surface area contributed by atoms with E-state index < -0.39 is 8.32 Å². The molecule has 0 unspecified atom stereocenters. The Balaban J connectivity index is 1.63. The molecule has 0 atom stereocenters. The smallest absolute Gasteiger partial charge is 0.192 e. The summed E-state index contributed by atoms with van der Waals surface area (Å²) in [5.74, 6) is 0. The summed E-state index contributed by atoms with van der Waals surface area (Å²) in [5, 5.41) is 14.9. The molecule has 0 bridgehead atoms. The standard InChI is InChI=1S/C25H40N4O2Si/c1-7-12-27(17-18-31-32(5,6)25(2,3)4)15-16-28-14-11-23(26-28)24-21(20-30)19-22-10-8-9-13-29(22)24/h8-11,13-14,19,30H,7,12,15-18,20H2,1-6H3. The molecule has 1 N–H and O–H groups in total. The molecule has 0 radical (unpaired) electrons. The van der Waals surface area contributed by atoms with E-state index in [9.17, 15) is 5.11 Å². The van der Waals surface area contributed by atoms with Crippen LogP contribution in [0.15, 0.2) is 42.7 Å². The lowest BCUT2D eigenvalue weighted by Gasteiger charge is -2.36. The van der Waals surface area contributed by atoms with Crippen LogP contribution < -0.4 is 0 Å². The second-order valence-corrected chi connectivity index (χ2v) is 14.9. The highest BCUT2D eigenvalue weighted by atomic mass is 28.4. The molecule has 0 aliphatic heterocycles. The van der Waals surface area contributed by atoms with Crippen molar-refractivity contribution in [3.05, 3.63) is 48.3 Å². The minimum Gasteiger partial charge on any atom is -0.416 e. The van der Waals surface area contributed by atoms with Gasteiger partial charge in [-0.3, -0.25) is 9.58 Å². The van der Waals surface area contributed by atoms with Crippen LogP contribution in [0, 0.1) is 0 Å². The van der Waals surface area contributed by atoms with E-state index >= 15 is 0 Å². The van der Waals surface area contributed by atoms with Crippen LogP contribution in [0.1, 0.15) is 39.7 Å². The number of fused-ring (bicyclic) bond motifs is 1. The highest BCUT2D eigenvalue weighted by Gasteiger charge is 2.36. The van der Waals surface area contributed by atoms with Gasteiger partial charge in [0.2, 0.25) is 0 Å². The zero-order valence-corrected chi connectivity index (χ0v) is 21.6. The SMILES string of the molecule is CCCN(CCO[Si](C)(C)C(C)(C)C)CCn1ccc(-c2c(CO)cc3ccccn23)n1. The van der Waals surface area contributed by atoms with Crippen molar-refractivity contribution in [2.45, 2.75) is 65.4 Å². The predicted octanol–water partition coefficient (Wildman–Crippen LogP) is 5.03. The normalized spacial score (nSPS) is 12.9. The number of aliphatic hydroxyl groups excluding tert-OH is 1. The zero-order chi connectivity index (χ0) is 23.4. The first kappa shape index (κ1) is 24.7. The van der Waals surface area contributed by atoms with E-state index in [1.165, 1.54) is 0 Å². The predicted molar refractivity (Wildman–Crippen MR) is 134 cm³/mol. The maximum absolute atomic E-state index is 9.85. The van der Waals surface area contributed by atoms with Crippen LogP contribution in [0.5, 0.6) is 0 Å². The third-order valence-electron chi connectivity index (χ3n) is 6.67. The van der Waals surface area contributed by atoms with Crippen molar-refractivity contribution in [2.24, 2.45) is 0 Å². The molecule has 176 valence electrons. The summed E-state index contributed by atoms with van der Waals surface area (Å²) in [4.78, 5) is 2.47. The number of hydrogen-bond donors (Lipinski definition) is 1. The molecule has 0 saturated heterocycles. The van der Waals surface area contributed by atoms with Gasteiger partial charge in [0.05, 0.1) is 18.8 Å². The minimum absolute atomic E-state index is 0.00236. The number of aliphatic hydroxyl groups is 1. The van der Waals surface area contributed by atoms with Gasteiger partial charge >= 0.3 is 0 Å². The summed E-state index contributed by atoms with van der Waals surface area (Å²) in [6.45, 7) is 18.3. The maximum atomic E-state index is 9.85. The second-order valence-electron chi connectivity index (χ2n) is 10.1. The Morgan fingerprint density at radius 3 is 2.56 bits per heavy atom. The molecule has 0 aliphatic rings. The van der Waals surface area contributed by atoms with Crippen molar-refractivity contribution in [3.8, 4) is 11.4 Å². The molecule has 0 spiro atoms. The van der Waals surface area contributed by atoms with Gasteiger partial charge in [-0.25, -0.2) is 0 Å². The van der Waals surface area contributed by atoms with E-state index in [4.69, 9.17) is 9.52 Å². The van der Waals surface area contributed by atoms with Gasteiger partial charge in [-0.2, -0.15) is 5.10 Å². The Morgan fingerprint density at radius 1 is 1.09 bits per heavy atom. The summed E-state index contributed by atoms with van der Waals surface area (Å²) >= 11 is 0. The molecule has 0 amide bonds. The Labute approximate surface area is 193 Å². The summed E-state index contributed by atoms with van der Waals surface area (Å²) < 4.78 is 10.5. The summed E-state index contributed by atoms with van der Waals surface area (Å²) in [6.07, 6.45) is 5.18. The van der Waals surface area contributed by atoms with E-state index in [-0.39, 0.29) is 11.6 Å². The Bertz CT molecular complexity index is 1000. The fourth-order valence-corrected chi connectivity index (χ4v) is 4.78. The highest BCUT2D eigenvalue weighted by Crippen LogP contribution is 2.36. The molecule has 3 rings (SSSR count). The first-order chi connectivity index (χ1) is 15.2. The molecule has 0 fully saturated rings. The molecule has 32 heavy (non-hydrogen) atoms. The zero-order valence-electron chi connectivity index (χ0n) is 20.6. The van der Waals surface area contributed by atoms with Crippen LogP contribution in [0.4, 0.5) is 0 Å². The summed E-state index contributed by atoms with van der Waals surface area (Å²) in [6, 6.07) is 10.1. The lowest BCUT2D eigenvalue weighted by molar-refractivity contribution is 0.191. The van der Waals surface area contributed by atoms with Crippen molar-refractivity contribution < 1.29 is 9.53 Å². The molecule has 0 aromatic carbocycles. The van der Waals surface area contributed by atoms with Gasteiger partial charge in [-0.1, -0.05) is 33.8 Å². The molecule has 0 saturated carbocycles. The Kier molecular flexibility index (Phi) is 7.98. The monoisotopic (exact) mass is 456 g/mol. The molecular weight excluding hydrogens is 416 g/mol. The number of pyridine rings is 1. The van der Waals surface area contributed by atoms with Gasteiger partial charge in [0.15, 0.2) is 8.32 Å². The van der Waals surface area contributed by atoms with Gasteiger partial charge < -0.3 is 13.9 Å². The first-order valence-electron chi connectivity index (χ1n) is 11.8. The molecule has 3 aromatic rings. The largest absolute Gasteiger partial charge is 0.416 e. The summed E-state index contributed by atoms with van der Waals surface area (Å²) in [7, 11) is -1.71. The summed E-state index contributed by atoms with van der Waals surface area (Å²) in [5.41, 5.74) is 3.83. The van der Waals surface area contributed by atoms with Gasteiger partial charge in [-0.15, -0.1) is 0 Å². The fraction of sp³-hybridized carbons (Fsp3) is 0.560. The average molecular weight is 457 g/mol. The lowest BCUT2D eigenvalue weighted by atomic mass is 10.2. The number of nitrogens with zero attached hydrogens (tertiary/aromatic N) is 4. The third-order valence-corrected chi connectivity index (χ3v) is 11.2. The van der Waals surface area contributed by atoms with E-state index in [2.05, 4.69) is 50.1 Å². The molecule has 3 heterocycles. The van der Waals surface area contributed by atoms with Crippen LogP contribution in [-0.4, -0.2) is 58.7 Å². The van der Waals surface area contributed by atoms with Crippen molar-refractivity contribution in [3.63, 3.8) is 0 Å². The number of aromatic nitrogens is 3. The van der Waals surface area contributed by atoms with Crippen molar-refractivity contribution >= 4 is 13.8 Å².